The number of hydrogen-bond donors (Lipinski definition) is 0. The van der Waals surface area contributed by atoms with Crippen molar-refractivity contribution in [3.8, 4) is 45.3 Å². The smallest absolute Gasteiger partial charge is 0.164 e. The molecule has 0 bridgehead atoms. The highest BCUT2D eigenvalue weighted by molar-refractivity contribution is 6.21. The molecule has 0 N–H and O–H groups in total. The zero-order valence-electron chi connectivity index (χ0n) is 31.3. The average Bonchev–Trinajstić information content (AvgIpc) is 3.70. The topological polar surface area (TPSA) is 55.1 Å². The van der Waals surface area contributed by atoms with Gasteiger partial charge in [0.05, 0.1) is 0 Å². The Labute approximate surface area is 335 Å². The Bertz CT molecular complexity index is 3230. The van der Waals surface area contributed by atoms with Crippen LogP contribution >= 0.6 is 0 Å². The normalized spacial score (nSPS) is 11.4. The van der Waals surface area contributed by atoms with E-state index in [1.54, 1.807) is 0 Å². The van der Waals surface area contributed by atoms with Gasteiger partial charge in [0, 0.05) is 49.9 Å². The van der Waals surface area contributed by atoms with Gasteiger partial charge in [-0.2, -0.15) is 0 Å². The molecular formula is C53H34N4O. The van der Waals surface area contributed by atoms with Crippen LogP contribution in [0.2, 0.25) is 0 Å². The van der Waals surface area contributed by atoms with Crippen LogP contribution in [0.25, 0.3) is 88.8 Å². The monoisotopic (exact) mass is 742 g/mol. The molecule has 11 aromatic rings. The molecule has 272 valence electrons. The molecular weight excluding hydrogens is 709 g/mol. The van der Waals surface area contributed by atoms with E-state index in [2.05, 4.69) is 169 Å². The fourth-order valence-corrected chi connectivity index (χ4v) is 8.05. The molecule has 9 aromatic carbocycles. The number of benzene rings is 9. The van der Waals surface area contributed by atoms with Crippen molar-refractivity contribution in [3.63, 3.8) is 0 Å². The van der Waals surface area contributed by atoms with Crippen LogP contribution in [0, 0.1) is 0 Å². The van der Waals surface area contributed by atoms with Gasteiger partial charge in [-0.3, -0.25) is 0 Å². The summed E-state index contributed by atoms with van der Waals surface area (Å²) in [5.74, 6) is 1.85. The van der Waals surface area contributed by atoms with Crippen LogP contribution in [0.1, 0.15) is 0 Å². The fraction of sp³-hybridized carbons (Fsp3) is 0. The molecule has 0 aliphatic rings. The molecule has 2 aromatic heterocycles. The van der Waals surface area contributed by atoms with E-state index in [0.717, 1.165) is 83.0 Å². The van der Waals surface area contributed by atoms with E-state index >= 15 is 0 Å². The molecule has 5 heteroatoms. The third-order valence-corrected chi connectivity index (χ3v) is 10.9. The van der Waals surface area contributed by atoms with Crippen LogP contribution < -0.4 is 4.90 Å². The molecule has 11 rings (SSSR count). The molecule has 0 atom stereocenters. The molecule has 0 saturated carbocycles. The Kier molecular flexibility index (Phi) is 8.07. The number of aromatic nitrogens is 3. The van der Waals surface area contributed by atoms with Crippen molar-refractivity contribution in [2.24, 2.45) is 0 Å². The highest BCUT2D eigenvalue weighted by atomic mass is 16.3. The van der Waals surface area contributed by atoms with Crippen LogP contribution in [0.5, 0.6) is 0 Å². The summed E-state index contributed by atoms with van der Waals surface area (Å²) < 4.78 is 6.76. The third kappa shape index (κ3) is 5.94. The summed E-state index contributed by atoms with van der Waals surface area (Å²) in [5.41, 5.74) is 9.94. The summed E-state index contributed by atoms with van der Waals surface area (Å²) in [6.45, 7) is 0. The number of hydrogen-bond acceptors (Lipinski definition) is 5. The number of rotatable bonds is 7. The van der Waals surface area contributed by atoms with Crippen molar-refractivity contribution >= 4 is 60.5 Å². The maximum atomic E-state index is 6.76. The predicted octanol–water partition coefficient (Wildman–Crippen LogP) is 14.2. The fourth-order valence-electron chi connectivity index (χ4n) is 8.05. The van der Waals surface area contributed by atoms with Gasteiger partial charge >= 0.3 is 0 Å². The lowest BCUT2D eigenvalue weighted by molar-refractivity contribution is 0.673. The molecule has 5 nitrogen and oxygen atoms in total. The summed E-state index contributed by atoms with van der Waals surface area (Å²) in [6.07, 6.45) is 0. The first-order chi connectivity index (χ1) is 28.7. The Morgan fingerprint density at radius 3 is 1.55 bits per heavy atom. The molecule has 0 aliphatic heterocycles. The summed E-state index contributed by atoms with van der Waals surface area (Å²) in [6, 6.07) is 71.6. The Hall–Kier alpha value is -7.89. The van der Waals surface area contributed by atoms with Crippen molar-refractivity contribution in [2.45, 2.75) is 0 Å². The quantitative estimate of drug-likeness (QED) is 0.163. The van der Waals surface area contributed by atoms with E-state index in [-0.39, 0.29) is 0 Å². The van der Waals surface area contributed by atoms with Gasteiger partial charge < -0.3 is 9.32 Å². The zero-order chi connectivity index (χ0) is 38.4. The van der Waals surface area contributed by atoms with Gasteiger partial charge in [0.2, 0.25) is 0 Å². The highest BCUT2D eigenvalue weighted by Gasteiger charge is 2.20. The van der Waals surface area contributed by atoms with Gasteiger partial charge in [-0.15, -0.1) is 0 Å². The van der Waals surface area contributed by atoms with E-state index in [0.29, 0.717) is 17.5 Å². The lowest BCUT2D eigenvalue weighted by Gasteiger charge is -2.25. The lowest BCUT2D eigenvalue weighted by Crippen LogP contribution is -2.09. The van der Waals surface area contributed by atoms with Crippen LogP contribution in [0.3, 0.4) is 0 Å². The van der Waals surface area contributed by atoms with E-state index in [9.17, 15) is 0 Å². The van der Waals surface area contributed by atoms with Crippen molar-refractivity contribution < 1.29 is 4.42 Å². The number of para-hydroxylation sites is 3. The summed E-state index contributed by atoms with van der Waals surface area (Å²) in [7, 11) is 0. The van der Waals surface area contributed by atoms with Gasteiger partial charge in [-0.1, -0.05) is 146 Å². The predicted molar refractivity (Wildman–Crippen MR) is 239 cm³/mol. The number of anilines is 3. The molecule has 58 heavy (non-hydrogen) atoms. The van der Waals surface area contributed by atoms with Gasteiger partial charge in [0.25, 0.3) is 0 Å². The summed E-state index contributed by atoms with van der Waals surface area (Å²) in [4.78, 5) is 17.5. The first-order valence-corrected chi connectivity index (χ1v) is 19.4. The first-order valence-electron chi connectivity index (χ1n) is 19.4. The van der Waals surface area contributed by atoms with E-state index in [1.165, 1.54) is 5.39 Å². The van der Waals surface area contributed by atoms with Crippen molar-refractivity contribution in [3.05, 3.63) is 206 Å². The number of nitrogens with zero attached hydrogens (tertiary/aromatic N) is 4. The van der Waals surface area contributed by atoms with E-state index < -0.39 is 0 Å². The molecule has 0 fully saturated rings. The maximum absolute atomic E-state index is 6.76. The second-order valence-electron chi connectivity index (χ2n) is 14.4. The molecule has 0 spiro atoms. The Morgan fingerprint density at radius 1 is 0.345 bits per heavy atom. The second kappa shape index (κ2) is 14.0. The maximum Gasteiger partial charge on any atom is 0.164 e. The minimum atomic E-state index is 0.601. The standard InChI is InChI=1S/C53H34N4O/c1-4-15-37(16-5-1)51-54-52(40-26-24-35-14-10-11-17-38(35)32-40)56-53(55-51)41-27-25-39-33-46(49-45-22-12-13-23-48(45)58-50(49)47(39)34-41)36-28-30-44(31-29-36)57(42-18-6-2-7-19-42)43-20-8-3-9-21-43/h1-34H. The first kappa shape index (κ1) is 33.4. The van der Waals surface area contributed by atoms with Gasteiger partial charge in [0.1, 0.15) is 11.2 Å². The lowest BCUT2D eigenvalue weighted by atomic mass is 9.94. The molecule has 0 amide bonds. The van der Waals surface area contributed by atoms with Crippen LogP contribution in [-0.2, 0) is 0 Å². The molecule has 2 heterocycles. The molecule has 0 aliphatic carbocycles. The van der Waals surface area contributed by atoms with Crippen molar-refractivity contribution in [1.82, 2.24) is 15.0 Å². The minimum absolute atomic E-state index is 0.601. The average molecular weight is 743 g/mol. The van der Waals surface area contributed by atoms with Crippen LogP contribution in [-0.4, -0.2) is 15.0 Å². The van der Waals surface area contributed by atoms with E-state index in [1.807, 2.05) is 42.5 Å². The second-order valence-corrected chi connectivity index (χ2v) is 14.4. The SMILES string of the molecule is c1ccc(-c2nc(-c3ccc4ccccc4c3)nc(-c3ccc4cc(-c5ccc(N(c6ccccc6)c6ccccc6)cc5)c5c6ccccc6oc5c4c3)n2)cc1. The van der Waals surface area contributed by atoms with Crippen LogP contribution in [0.4, 0.5) is 17.1 Å². The molecule has 0 unspecified atom stereocenters. The third-order valence-electron chi connectivity index (χ3n) is 10.9. The zero-order valence-corrected chi connectivity index (χ0v) is 31.3. The largest absolute Gasteiger partial charge is 0.455 e. The summed E-state index contributed by atoms with van der Waals surface area (Å²) >= 11 is 0. The van der Waals surface area contributed by atoms with Crippen LogP contribution in [0.15, 0.2) is 211 Å². The number of furan rings is 1. The van der Waals surface area contributed by atoms with Gasteiger partial charge in [-0.25, -0.2) is 15.0 Å². The van der Waals surface area contributed by atoms with Crippen molar-refractivity contribution in [2.75, 3.05) is 4.90 Å². The highest BCUT2D eigenvalue weighted by Crippen LogP contribution is 2.43. The molecule has 0 radical (unpaired) electrons. The van der Waals surface area contributed by atoms with Gasteiger partial charge in [0.15, 0.2) is 17.5 Å². The minimum Gasteiger partial charge on any atom is -0.455 e. The Balaban J connectivity index is 1.06. The molecule has 0 saturated heterocycles. The Morgan fingerprint density at radius 2 is 0.862 bits per heavy atom. The van der Waals surface area contributed by atoms with Crippen molar-refractivity contribution in [1.29, 1.82) is 0 Å². The number of fused-ring (bicyclic) bond motifs is 6. The van der Waals surface area contributed by atoms with Gasteiger partial charge in [-0.05, 0) is 87.9 Å². The van der Waals surface area contributed by atoms with E-state index in [4.69, 9.17) is 19.4 Å². The summed E-state index contributed by atoms with van der Waals surface area (Å²) in [5, 5.41) is 6.52.